The minimum atomic E-state index is -1.16. The maximum atomic E-state index is 13.8. The maximum Gasteiger partial charge on any atom is 0.327 e. The average molecular weight is 591 g/mol. The molecule has 2 aliphatic carbocycles. The number of H-pyrrole nitrogens is 1. The summed E-state index contributed by atoms with van der Waals surface area (Å²) in [7, 11) is 0. The number of benzene rings is 2. The molecule has 8 atom stereocenters. The van der Waals surface area contributed by atoms with Crippen LogP contribution in [0.15, 0.2) is 64.4 Å². The van der Waals surface area contributed by atoms with Crippen LogP contribution >= 0.6 is 23.1 Å². The maximum absolute atomic E-state index is 13.8. The Morgan fingerprint density at radius 1 is 1.02 bits per heavy atom. The lowest BCUT2D eigenvalue weighted by atomic mass is 9.68. The monoisotopic (exact) mass is 590 g/mol. The van der Waals surface area contributed by atoms with Gasteiger partial charge in [0.1, 0.15) is 18.4 Å². The number of thiazole rings is 1. The highest BCUT2D eigenvalue weighted by molar-refractivity contribution is 8.00. The van der Waals surface area contributed by atoms with Crippen LogP contribution in [0.4, 0.5) is 0 Å². The van der Waals surface area contributed by atoms with E-state index in [0.29, 0.717) is 6.61 Å². The molecule has 0 spiro atoms. The van der Waals surface area contributed by atoms with Crippen LogP contribution in [0.3, 0.4) is 0 Å². The zero-order valence-corrected chi connectivity index (χ0v) is 24.2. The van der Waals surface area contributed by atoms with E-state index in [2.05, 4.69) is 4.98 Å². The number of hydrogen-bond acceptors (Lipinski definition) is 7. The van der Waals surface area contributed by atoms with Crippen molar-refractivity contribution in [3.8, 4) is 5.75 Å². The van der Waals surface area contributed by atoms with Crippen LogP contribution in [0, 0.1) is 35.5 Å². The number of amides is 2. The number of likely N-dealkylation sites (tertiary alicyclic amines) is 1. The summed E-state index contributed by atoms with van der Waals surface area (Å²) in [6.07, 6.45) is 0.760. The van der Waals surface area contributed by atoms with E-state index in [1.165, 1.54) is 11.3 Å². The number of carbonyl (C=O) groups excluding carboxylic acids is 2. The lowest BCUT2D eigenvalue weighted by molar-refractivity contribution is -0.157. The highest BCUT2D eigenvalue weighted by atomic mass is 32.2. The van der Waals surface area contributed by atoms with Crippen LogP contribution in [-0.2, 0) is 21.0 Å². The average Bonchev–Trinajstić information content (AvgIpc) is 3.68. The fourth-order valence-electron chi connectivity index (χ4n) is 7.89. The van der Waals surface area contributed by atoms with E-state index >= 15 is 0 Å². The van der Waals surface area contributed by atoms with E-state index in [4.69, 9.17) is 4.74 Å². The van der Waals surface area contributed by atoms with Crippen molar-refractivity contribution in [1.29, 1.82) is 0 Å². The van der Waals surface area contributed by atoms with Gasteiger partial charge in [-0.25, -0.2) is 4.79 Å². The third-order valence-corrected chi connectivity index (χ3v) is 12.0. The van der Waals surface area contributed by atoms with Gasteiger partial charge in [0.2, 0.25) is 11.8 Å². The third-order valence-electron chi connectivity index (χ3n) is 9.41. The Morgan fingerprint density at radius 2 is 1.71 bits per heavy atom. The molecular formula is C31H30N2O6S2. The molecule has 3 heterocycles. The smallest absolute Gasteiger partial charge is 0.327 e. The topological polar surface area (TPSA) is 117 Å². The molecular weight excluding hydrogens is 560 g/mol. The van der Waals surface area contributed by atoms with Crippen molar-refractivity contribution in [1.82, 2.24) is 9.88 Å². The predicted octanol–water partition coefficient (Wildman–Crippen LogP) is 4.60. The molecule has 2 amide bonds. The molecule has 1 aromatic heterocycles. The van der Waals surface area contributed by atoms with Gasteiger partial charge in [-0.05, 0) is 53.4 Å². The van der Waals surface area contributed by atoms with Gasteiger partial charge in [-0.1, -0.05) is 67.6 Å². The molecule has 2 bridgehead atoms. The van der Waals surface area contributed by atoms with Crippen LogP contribution in [0.2, 0.25) is 0 Å². The van der Waals surface area contributed by atoms with Crippen LogP contribution in [0.5, 0.6) is 5.75 Å². The number of thioether (sulfide) groups is 1. The predicted molar refractivity (Wildman–Crippen MR) is 154 cm³/mol. The van der Waals surface area contributed by atoms with E-state index in [1.54, 1.807) is 25.6 Å². The Morgan fingerprint density at radius 3 is 2.37 bits per heavy atom. The number of hydrogen-bond donors (Lipinski definition) is 2. The number of aromatic amines is 1. The molecule has 41 heavy (non-hydrogen) atoms. The van der Waals surface area contributed by atoms with Gasteiger partial charge in [0.15, 0.2) is 0 Å². The molecule has 2 N–H and O–H groups in total. The lowest BCUT2D eigenvalue weighted by Gasteiger charge is -2.43. The van der Waals surface area contributed by atoms with Crippen LogP contribution < -0.4 is 9.61 Å². The zero-order chi connectivity index (χ0) is 28.6. The molecule has 2 saturated carbocycles. The second-order valence-corrected chi connectivity index (χ2v) is 14.1. The fraction of sp³-hybridized carbons (Fsp3) is 0.419. The van der Waals surface area contributed by atoms with Crippen LogP contribution in [0.1, 0.15) is 42.2 Å². The summed E-state index contributed by atoms with van der Waals surface area (Å²) in [6.45, 7) is 3.92. The first-order valence-corrected chi connectivity index (χ1v) is 15.7. The van der Waals surface area contributed by atoms with Gasteiger partial charge in [0.05, 0.1) is 16.9 Å². The molecule has 3 fully saturated rings. The summed E-state index contributed by atoms with van der Waals surface area (Å²) in [5.74, 6) is -2.62. The standard InChI is InChI=1S/C31H30N2O6S2/c1-14(2)24(30(36)37)33-28(34)22-18-12-19(23(22)29(33)35)25-21(18)20(26-27(40-25)32-31(38)41-26)16-8-10-17(11-9-16)39-13-15-6-4-3-5-7-15/h3-11,14,18-25H,12-13H2,1-2H3,(H,32,38)(H,36,37)/t18?,19?,20-,21?,22?,23?,24?,25?/m1/s1. The van der Waals surface area contributed by atoms with Gasteiger partial charge in [0.25, 0.3) is 0 Å². The Labute approximate surface area is 245 Å². The van der Waals surface area contributed by atoms with Crippen molar-refractivity contribution in [2.45, 2.75) is 49.1 Å². The van der Waals surface area contributed by atoms with Gasteiger partial charge in [-0.2, -0.15) is 0 Å². The number of fused-ring (bicyclic) bond motifs is 9. The molecule has 0 radical (unpaired) electrons. The number of carbonyl (C=O) groups is 3. The van der Waals surface area contributed by atoms with Crippen molar-refractivity contribution in [3.05, 3.63) is 80.3 Å². The van der Waals surface area contributed by atoms with Gasteiger partial charge in [-0.15, -0.1) is 11.8 Å². The number of aromatic nitrogens is 1. The summed E-state index contributed by atoms with van der Waals surface area (Å²) in [5.41, 5.74) is 2.13. The number of aliphatic carboxylic acids is 1. The highest BCUT2D eigenvalue weighted by Crippen LogP contribution is 2.68. The molecule has 3 aromatic rings. The number of nitrogens with one attached hydrogen (secondary N) is 1. The SMILES string of the molecule is CC(C)C(C(=O)O)N1C(=O)C2C3CC(C2C1=O)C1C3Sc2[nH]c(=O)sc2[C@@H]1c1ccc(OCc2ccccc2)cc1. The second-order valence-electron chi connectivity index (χ2n) is 11.9. The highest BCUT2D eigenvalue weighted by Gasteiger charge is 2.70. The van der Waals surface area contributed by atoms with Gasteiger partial charge in [-0.3, -0.25) is 19.3 Å². The molecule has 2 aromatic carbocycles. The van der Waals surface area contributed by atoms with Gasteiger partial charge < -0.3 is 14.8 Å². The molecule has 7 unspecified atom stereocenters. The number of imide groups is 1. The molecule has 212 valence electrons. The first kappa shape index (κ1) is 26.5. The van der Waals surface area contributed by atoms with Gasteiger partial charge in [0, 0.05) is 16.0 Å². The van der Waals surface area contributed by atoms with E-state index in [9.17, 15) is 24.3 Å². The number of rotatable bonds is 7. The summed E-state index contributed by atoms with van der Waals surface area (Å²) in [4.78, 5) is 57.1. The van der Waals surface area contributed by atoms with E-state index < -0.39 is 23.8 Å². The first-order valence-electron chi connectivity index (χ1n) is 14.0. The summed E-state index contributed by atoms with van der Waals surface area (Å²) in [6, 6.07) is 16.8. The van der Waals surface area contributed by atoms with Gasteiger partial charge >= 0.3 is 10.8 Å². The normalized spacial score (nSPS) is 30.3. The zero-order valence-electron chi connectivity index (χ0n) is 22.6. The summed E-state index contributed by atoms with van der Waals surface area (Å²) in [5, 5.41) is 10.8. The third kappa shape index (κ3) is 4.09. The summed E-state index contributed by atoms with van der Waals surface area (Å²) < 4.78 is 6.01. The van der Waals surface area contributed by atoms with Crippen LogP contribution in [-0.4, -0.2) is 44.1 Å². The minimum absolute atomic E-state index is 0.0458. The number of carboxylic acid groups (broad SMARTS) is 1. The number of ether oxygens (including phenoxy) is 1. The first-order chi connectivity index (χ1) is 19.7. The van der Waals surface area contributed by atoms with Crippen molar-refractivity contribution in [3.63, 3.8) is 0 Å². The molecule has 8 nitrogen and oxygen atoms in total. The number of carboxylic acids is 1. The Balaban J connectivity index is 1.22. The molecule has 4 aliphatic rings. The Hall–Kier alpha value is -3.37. The van der Waals surface area contributed by atoms with Crippen molar-refractivity contribution in [2.24, 2.45) is 35.5 Å². The number of nitrogens with zero attached hydrogens (tertiary/aromatic N) is 1. The largest absolute Gasteiger partial charge is 0.489 e. The van der Waals surface area contributed by atoms with Crippen molar-refractivity contribution < 1.29 is 24.2 Å². The quantitative estimate of drug-likeness (QED) is 0.387. The van der Waals surface area contributed by atoms with E-state index in [0.717, 1.165) is 38.1 Å². The van der Waals surface area contributed by atoms with E-state index in [1.807, 2.05) is 54.6 Å². The second kappa shape index (κ2) is 9.87. The Kier molecular flexibility index (Phi) is 6.39. The molecule has 1 saturated heterocycles. The van der Waals surface area contributed by atoms with E-state index in [-0.39, 0.29) is 51.5 Å². The summed E-state index contributed by atoms with van der Waals surface area (Å²) >= 11 is 2.84. The molecule has 10 heteroatoms. The molecule has 7 rings (SSSR count). The fourth-order valence-corrected chi connectivity index (χ4v) is 10.8. The van der Waals surface area contributed by atoms with Crippen LogP contribution in [0.25, 0.3) is 0 Å². The minimum Gasteiger partial charge on any atom is -0.489 e. The Bertz CT molecular complexity index is 1580. The van der Waals surface area contributed by atoms with Crippen molar-refractivity contribution in [2.75, 3.05) is 0 Å². The lowest BCUT2D eigenvalue weighted by Crippen LogP contribution is -2.49. The van der Waals surface area contributed by atoms with Crippen molar-refractivity contribution >= 4 is 40.9 Å². The molecule has 2 aliphatic heterocycles.